The zero-order valence-electron chi connectivity index (χ0n) is 15.6. The van der Waals surface area contributed by atoms with Crippen molar-refractivity contribution in [3.05, 3.63) is 54.1 Å². The van der Waals surface area contributed by atoms with Gasteiger partial charge in [0.25, 0.3) is 5.22 Å². The molecule has 0 saturated carbocycles. The molecule has 0 aliphatic carbocycles. The Morgan fingerprint density at radius 2 is 1.82 bits per heavy atom. The number of nitrogens with one attached hydrogen (secondary N) is 1. The number of Topliss-reactive ketones (excluding diaryl/α,β-unsaturated/α-hetero) is 1. The molecule has 7 nitrogen and oxygen atoms in total. The van der Waals surface area contributed by atoms with Crippen LogP contribution < -0.4 is 10.1 Å². The SMILES string of the molecule is COc1ccc(-c2nnc(S[C@H](C)C(=O)Nc3ccccc3C(C)=O)o2)cc1. The Morgan fingerprint density at radius 1 is 1.11 bits per heavy atom. The predicted octanol–water partition coefficient (Wildman–Crippen LogP) is 4.07. The first kappa shape index (κ1) is 19.6. The number of thioether (sulfide) groups is 1. The second-order valence-corrected chi connectivity index (χ2v) is 7.24. The number of rotatable bonds is 7. The highest BCUT2D eigenvalue weighted by molar-refractivity contribution is 8.00. The number of para-hydroxylation sites is 1. The fourth-order valence-corrected chi connectivity index (χ4v) is 3.13. The molecule has 8 heteroatoms. The van der Waals surface area contributed by atoms with Gasteiger partial charge < -0.3 is 14.5 Å². The van der Waals surface area contributed by atoms with Crippen LogP contribution in [0.5, 0.6) is 5.75 Å². The first-order valence-corrected chi connectivity index (χ1v) is 9.41. The van der Waals surface area contributed by atoms with Crippen molar-refractivity contribution >= 4 is 29.1 Å². The number of ether oxygens (including phenoxy) is 1. The van der Waals surface area contributed by atoms with Crippen LogP contribution in [0.4, 0.5) is 5.69 Å². The standard InChI is InChI=1S/C20H19N3O4S/c1-12(24)16-6-4-5-7-17(16)21-18(25)13(2)28-20-23-22-19(27-20)14-8-10-15(26-3)11-9-14/h4-11,13H,1-3H3,(H,21,25)/t13-/m1/s1. The average molecular weight is 397 g/mol. The van der Waals surface area contributed by atoms with E-state index in [1.807, 2.05) is 12.1 Å². The molecule has 0 bridgehead atoms. The maximum atomic E-state index is 12.5. The lowest BCUT2D eigenvalue weighted by Gasteiger charge is -2.12. The van der Waals surface area contributed by atoms with E-state index in [2.05, 4.69) is 15.5 Å². The van der Waals surface area contributed by atoms with Crippen LogP contribution in [0, 0.1) is 0 Å². The molecule has 1 N–H and O–H groups in total. The smallest absolute Gasteiger partial charge is 0.277 e. The molecule has 0 saturated heterocycles. The minimum absolute atomic E-state index is 0.114. The van der Waals surface area contributed by atoms with Crippen molar-refractivity contribution in [1.82, 2.24) is 10.2 Å². The van der Waals surface area contributed by atoms with Gasteiger partial charge in [-0.1, -0.05) is 23.9 Å². The third-order valence-corrected chi connectivity index (χ3v) is 4.89. The van der Waals surface area contributed by atoms with Crippen LogP contribution >= 0.6 is 11.8 Å². The minimum atomic E-state index is -0.496. The normalized spacial score (nSPS) is 11.7. The summed E-state index contributed by atoms with van der Waals surface area (Å²) in [6, 6.07) is 14.1. The topological polar surface area (TPSA) is 94.3 Å². The van der Waals surface area contributed by atoms with E-state index >= 15 is 0 Å². The minimum Gasteiger partial charge on any atom is -0.497 e. The third-order valence-electron chi connectivity index (χ3n) is 3.95. The molecule has 28 heavy (non-hydrogen) atoms. The molecule has 1 aromatic heterocycles. The first-order chi connectivity index (χ1) is 13.5. The van der Waals surface area contributed by atoms with E-state index in [0.29, 0.717) is 17.1 Å². The van der Waals surface area contributed by atoms with E-state index in [1.165, 1.54) is 6.92 Å². The number of carbonyl (C=O) groups is 2. The van der Waals surface area contributed by atoms with Gasteiger partial charge in [0.2, 0.25) is 11.8 Å². The van der Waals surface area contributed by atoms with Crippen LogP contribution in [0.1, 0.15) is 24.2 Å². The van der Waals surface area contributed by atoms with Gasteiger partial charge in [0.05, 0.1) is 18.0 Å². The maximum Gasteiger partial charge on any atom is 0.277 e. The van der Waals surface area contributed by atoms with E-state index in [1.54, 1.807) is 50.4 Å². The Balaban J connectivity index is 1.66. The molecule has 1 heterocycles. The van der Waals surface area contributed by atoms with E-state index in [0.717, 1.165) is 23.1 Å². The maximum absolute atomic E-state index is 12.5. The number of anilines is 1. The molecular formula is C20H19N3O4S. The largest absolute Gasteiger partial charge is 0.497 e. The molecule has 1 atom stereocenters. The molecular weight excluding hydrogens is 378 g/mol. The summed E-state index contributed by atoms with van der Waals surface area (Å²) in [5.74, 6) is 0.717. The van der Waals surface area contributed by atoms with Gasteiger partial charge in [-0.3, -0.25) is 9.59 Å². The van der Waals surface area contributed by atoms with Crippen LogP contribution in [0.25, 0.3) is 11.5 Å². The second kappa shape index (κ2) is 8.71. The number of amides is 1. The number of aromatic nitrogens is 2. The van der Waals surface area contributed by atoms with Gasteiger partial charge in [-0.25, -0.2) is 0 Å². The van der Waals surface area contributed by atoms with Crippen LogP contribution in [0.2, 0.25) is 0 Å². The zero-order valence-corrected chi connectivity index (χ0v) is 16.4. The molecule has 0 unspecified atom stereocenters. The predicted molar refractivity (Wildman–Crippen MR) is 107 cm³/mol. The quantitative estimate of drug-likeness (QED) is 0.474. The van der Waals surface area contributed by atoms with E-state index < -0.39 is 5.25 Å². The van der Waals surface area contributed by atoms with Gasteiger partial charge in [-0.2, -0.15) is 0 Å². The van der Waals surface area contributed by atoms with E-state index in [-0.39, 0.29) is 16.9 Å². The first-order valence-electron chi connectivity index (χ1n) is 8.53. The summed E-state index contributed by atoms with van der Waals surface area (Å²) in [7, 11) is 1.59. The monoisotopic (exact) mass is 397 g/mol. The number of methoxy groups -OCH3 is 1. The summed E-state index contributed by atoms with van der Waals surface area (Å²) in [5.41, 5.74) is 1.71. The van der Waals surface area contributed by atoms with Gasteiger partial charge in [-0.05, 0) is 50.2 Å². The van der Waals surface area contributed by atoms with Gasteiger partial charge in [0.15, 0.2) is 5.78 Å². The van der Waals surface area contributed by atoms with E-state index in [9.17, 15) is 9.59 Å². The average Bonchev–Trinajstić information content (AvgIpc) is 3.16. The second-order valence-electron chi connectivity index (χ2n) is 5.95. The van der Waals surface area contributed by atoms with Crippen molar-refractivity contribution in [1.29, 1.82) is 0 Å². The molecule has 0 spiro atoms. The molecule has 3 rings (SSSR count). The highest BCUT2D eigenvalue weighted by atomic mass is 32.2. The van der Waals surface area contributed by atoms with Crippen molar-refractivity contribution in [3.8, 4) is 17.2 Å². The summed E-state index contributed by atoms with van der Waals surface area (Å²) in [4.78, 5) is 24.2. The van der Waals surface area contributed by atoms with Crippen molar-refractivity contribution in [2.24, 2.45) is 0 Å². The fourth-order valence-electron chi connectivity index (χ4n) is 2.45. The summed E-state index contributed by atoms with van der Waals surface area (Å²) in [6.45, 7) is 3.19. The molecule has 1 amide bonds. The molecule has 0 radical (unpaired) electrons. The van der Waals surface area contributed by atoms with Crippen molar-refractivity contribution in [3.63, 3.8) is 0 Å². The fraction of sp³-hybridized carbons (Fsp3) is 0.200. The molecule has 2 aromatic carbocycles. The Morgan fingerprint density at radius 3 is 2.50 bits per heavy atom. The number of nitrogens with zero attached hydrogens (tertiary/aromatic N) is 2. The summed E-state index contributed by atoms with van der Waals surface area (Å²) >= 11 is 1.15. The van der Waals surface area contributed by atoms with Crippen LogP contribution in [0.3, 0.4) is 0 Å². The van der Waals surface area contributed by atoms with Crippen LogP contribution in [-0.2, 0) is 4.79 Å². The number of hydrogen-bond acceptors (Lipinski definition) is 7. The summed E-state index contributed by atoms with van der Waals surface area (Å²) in [5, 5.41) is 10.6. The van der Waals surface area contributed by atoms with Crippen molar-refractivity contribution in [2.75, 3.05) is 12.4 Å². The summed E-state index contributed by atoms with van der Waals surface area (Å²) < 4.78 is 10.8. The number of hydrogen-bond donors (Lipinski definition) is 1. The number of carbonyl (C=O) groups excluding carboxylic acids is 2. The summed E-state index contributed by atoms with van der Waals surface area (Å²) in [6.07, 6.45) is 0. The Kier molecular flexibility index (Phi) is 6.10. The number of benzene rings is 2. The molecule has 0 fully saturated rings. The Hall–Kier alpha value is -3.13. The van der Waals surface area contributed by atoms with E-state index in [4.69, 9.17) is 9.15 Å². The lowest BCUT2D eigenvalue weighted by Crippen LogP contribution is -2.23. The molecule has 144 valence electrons. The van der Waals surface area contributed by atoms with Gasteiger partial charge in [-0.15, -0.1) is 10.2 Å². The van der Waals surface area contributed by atoms with Gasteiger partial charge in [0.1, 0.15) is 5.75 Å². The van der Waals surface area contributed by atoms with Crippen LogP contribution in [0.15, 0.2) is 58.2 Å². The van der Waals surface area contributed by atoms with Gasteiger partial charge >= 0.3 is 0 Å². The Bertz CT molecular complexity index is 985. The zero-order chi connectivity index (χ0) is 20.1. The highest BCUT2D eigenvalue weighted by Crippen LogP contribution is 2.28. The lowest BCUT2D eigenvalue weighted by molar-refractivity contribution is -0.115. The third kappa shape index (κ3) is 4.58. The van der Waals surface area contributed by atoms with Crippen LogP contribution in [-0.4, -0.2) is 34.2 Å². The van der Waals surface area contributed by atoms with Gasteiger partial charge in [0, 0.05) is 11.1 Å². The van der Waals surface area contributed by atoms with Crippen molar-refractivity contribution in [2.45, 2.75) is 24.3 Å². The number of ketones is 1. The molecule has 3 aromatic rings. The van der Waals surface area contributed by atoms with Crippen molar-refractivity contribution < 1.29 is 18.7 Å². The highest BCUT2D eigenvalue weighted by Gasteiger charge is 2.20. The molecule has 0 aliphatic heterocycles. The molecule has 0 aliphatic rings. The Labute approximate surface area is 166 Å². The lowest BCUT2D eigenvalue weighted by atomic mass is 10.1.